The summed E-state index contributed by atoms with van der Waals surface area (Å²) in [5, 5.41) is 13.2. The first-order chi connectivity index (χ1) is 9.38. The molecule has 2 rings (SSSR count). The Morgan fingerprint density at radius 2 is 1.80 bits per heavy atom. The number of carbonyl (C=O) groups is 1. The molecule has 20 heavy (non-hydrogen) atoms. The predicted octanol–water partition coefficient (Wildman–Crippen LogP) is 4.91. The minimum Gasteiger partial charge on any atom is -0.506 e. The molecule has 0 saturated heterocycles. The molecule has 0 saturated carbocycles. The smallest absolute Gasteiger partial charge is 0.259 e. The van der Waals surface area contributed by atoms with E-state index in [0.717, 1.165) is 5.56 Å². The van der Waals surface area contributed by atoms with Gasteiger partial charge in [0, 0.05) is 15.7 Å². The highest BCUT2D eigenvalue weighted by Crippen LogP contribution is 2.31. The number of aryl methyl sites for hydroxylation is 1. The third kappa shape index (κ3) is 3.18. The van der Waals surface area contributed by atoms with Crippen LogP contribution in [0.5, 0.6) is 5.75 Å². The van der Waals surface area contributed by atoms with Gasteiger partial charge in [-0.25, -0.2) is 0 Å². The molecule has 2 aromatic carbocycles. The Kier molecular flexibility index (Phi) is 4.43. The third-order valence-corrected chi connectivity index (χ3v) is 3.62. The van der Waals surface area contributed by atoms with Crippen molar-refractivity contribution in [2.24, 2.45) is 0 Å². The molecule has 2 N–H and O–H groups in total. The first-order valence-electron chi connectivity index (χ1n) is 5.64. The number of hydrogen-bond donors (Lipinski definition) is 2. The van der Waals surface area contributed by atoms with Crippen LogP contribution in [-0.4, -0.2) is 11.0 Å². The largest absolute Gasteiger partial charge is 0.506 e. The van der Waals surface area contributed by atoms with Crippen LogP contribution in [0.4, 0.5) is 5.69 Å². The van der Waals surface area contributed by atoms with Crippen molar-refractivity contribution in [3.8, 4) is 5.75 Å². The number of carbonyl (C=O) groups excluding carboxylic acids is 1. The Morgan fingerprint density at radius 3 is 2.45 bits per heavy atom. The average Bonchev–Trinajstić information content (AvgIpc) is 2.38. The van der Waals surface area contributed by atoms with Crippen LogP contribution in [0.25, 0.3) is 0 Å². The van der Waals surface area contributed by atoms with Gasteiger partial charge in [0.1, 0.15) is 5.75 Å². The van der Waals surface area contributed by atoms with Gasteiger partial charge in [-0.3, -0.25) is 4.79 Å². The predicted molar refractivity (Wildman–Crippen MR) is 82.3 cm³/mol. The van der Waals surface area contributed by atoms with Gasteiger partial charge in [0.2, 0.25) is 0 Å². The third-order valence-electron chi connectivity index (χ3n) is 2.70. The average molecular weight is 331 g/mol. The molecule has 0 fully saturated rings. The topological polar surface area (TPSA) is 49.3 Å². The maximum atomic E-state index is 12.1. The van der Waals surface area contributed by atoms with E-state index < -0.39 is 5.91 Å². The van der Waals surface area contributed by atoms with E-state index in [2.05, 4.69) is 5.32 Å². The van der Waals surface area contributed by atoms with E-state index in [1.807, 2.05) is 6.92 Å². The normalized spacial score (nSPS) is 10.4. The van der Waals surface area contributed by atoms with E-state index in [4.69, 9.17) is 34.8 Å². The summed E-state index contributed by atoms with van der Waals surface area (Å²) in [6.45, 7) is 1.86. The van der Waals surface area contributed by atoms with Crippen LogP contribution in [0.3, 0.4) is 0 Å². The monoisotopic (exact) mass is 329 g/mol. The molecule has 2 aromatic rings. The van der Waals surface area contributed by atoms with Gasteiger partial charge in [0.25, 0.3) is 5.91 Å². The fraction of sp³-hybridized carbons (Fsp3) is 0.0714. The number of nitrogens with one attached hydrogen (secondary N) is 1. The molecule has 0 aliphatic heterocycles. The van der Waals surface area contributed by atoms with Crippen LogP contribution in [0.2, 0.25) is 15.1 Å². The molecule has 0 spiro atoms. The molecule has 6 heteroatoms. The zero-order valence-electron chi connectivity index (χ0n) is 10.4. The summed E-state index contributed by atoms with van der Waals surface area (Å²) >= 11 is 17.6. The van der Waals surface area contributed by atoms with Crippen molar-refractivity contribution in [1.29, 1.82) is 0 Å². The van der Waals surface area contributed by atoms with Gasteiger partial charge in [-0.05, 0) is 36.8 Å². The number of phenolic OH excluding ortho intramolecular Hbond substituents is 1. The van der Waals surface area contributed by atoms with E-state index in [1.165, 1.54) is 12.1 Å². The Balaban J connectivity index is 2.30. The van der Waals surface area contributed by atoms with Crippen LogP contribution in [0.1, 0.15) is 15.9 Å². The Bertz CT molecular complexity index is 686. The molecule has 0 atom stereocenters. The number of amides is 1. The van der Waals surface area contributed by atoms with Crippen molar-refractivity contribution in [2.75, 3.05) is 5.32 Å². The van der Waals surface area contributed by atoms with Crippen molar-refractivity contribution in [1.82, 2.24) is 0 Å². The van der Waals surface area contributed by atoms with Crippen molar-refractivity contribution in [3.05, 3.63) is 56.5 Å². The van der Waals surface area contributed by atoms with Crippen molar-refractivity contribution >= 4 is 46.4 Å². The van der Waals surface area contributed by atoms with Crippen molar-refractivity contribution in [2.45, 2.75) is 6.92 Å². The maximum Gasteiger partial charge on any atom is 0.259 e. The highest BCUT2D eigenvalue weighted by Gasteiger charge is 2.15. The van der Waals surface area contributed by atoms with Crippen molar-refractivity contribution < 1.29 is 9.90 Å². The lowest BCUT2D eigenvalue weighted by Crippen LogP contribution is -2.12. The van der Waals surface area contributed by atoms with E-state index in [-0.39, 0.29) is 21.4 Å². The fourth-order valence-electron chi connectivity index (χ4n) is 1.61. The second-order valence-electron chi connectivity index (χ2n) is 4.20. The summed E-state index contributed by atoms with van der Waals surface area (Å²) in [5.74, 6) is -0.835. The van der Waals surface area contributed by atoms with Crippen LogP contribution >= 0.6 is 34.8 Å². The first-order valence-corrected chi connectivity index (χ1v) is 6.77. The number of halogens is 3. The molecule has 104 valence electrons. The molecular formula is C14H10Cl3NO2. The highest BCUT2D eigenvalue weighted by molar-refractivity contribution is 6.36. The molecule has 0 aliphatic carbocycles. The number of benzene rings is 2. The maximum absolute atomic E-state index is 12.1. The van der Waals surface area contributed by atoms with Crippen molar-refractivity contribution in [3.63, 3.8) is 0 Å². The zero-order valence-corrected chi connectivity index (χ0v) is 12.6. The lowest BCUT2D eigenvalue weighted by molar-refractivity contribution is 0.102. The summed E-state index contributed by atoms with van der Waals surface area (Å²) in [6, 6.07) is 7.81. The van der Waals surface area contributed by atoms with Crippen LogP contribution < -0.4 is 5.32 Å². The van der Waals surface area contributed by atoms with E-state index in [1.54, 1.807) is 18.2 Å². The summed E-state index contributed by atoms with van der Waals surface area (Å²) < 4.78 is 0. The van der Waals surface area contributed by atoms with Gasteiger partial charge in [-0.1, -0.05) is 40.9 Å². The lowest BCUT2D eigenvalue weighted by Gasteiger charge is -2.09. The number of hydrogen-bond acceptors (Lipinski definition) is 2. The van der Waals surface area contributed by atoms with E-state index in [0.29, 0.717) is 10.7 Å². The molecule has 0 aliphatic rings. The van der Waals surface area contributed by atoms with Gasteiger partial charge < -0.3 is 10.4 Å². The molecule has 0 heterocycles. The molecule has 0 unspecified atom stereocenters. The minimum absolute atomic E-state index is 0.000743. The minimum atomic E-state index is -0.521. The van der Waals surface area contributed by atoms with Crippen LogP contribution in [0, 0.1) is 6.92 Å². The summed E-state index contributed by atoms with van der Waals surface area (Å²) in [6.07, 6.45) is 0. The number of rotatable bonds is 2. The van der Waals surface area contributed by atoms with E-state index >= 15 is 0 Å². The quantitative estimate of drug-likeness (QED) is 0.821. The van der Waals surface area contributed by atoms with Crippen LogP contribution in [0.15, 0.2) is 30.3 Å². The number of aromatic hydroxyl groups is 1. The molecule has 1 amide bonds. The fourth-order valence-corrected chi connectivity index (χ4v) is 2.28. The summed E-state index contributed by atoms with van der Waals surface area (Å²) in [5.41, 5.74) is 1.42. The summed E-state index contributed by atoms with van der Waals surface area (Å²) in [7, 11) is 0. The van der Waals surface area contributed by atoms with Gasteiger partial charge in [-0.15, -0.1) is 0 Å². The lowest BCUT2D eigenvalue weighted by atomic mass is 10.1. The van der Waals surface area contributed by atoms with Gasteiger partial charge in [0.05, 0.1) is 10.6 Å². The number of anilines is 1. The standard InChI is InChI=1S/C14H10Cl3NO2/c1-7-2-3-9(6-11(7)16)18-14(20)10-4-8(15)5-12(17)13(10)19/h2-6,19H,1H3,(H,18,20). The Morgan fingerprint density at radius 1 is 1.10 bits per heavy atom. The Labute approximate surface area is 131 Å². The van der Waals surface area contributed by atoms with Gasteiger partial charge in [-0.2, -0.15) is 0 Å². The molecule has 0 radical (unpaired) electrons. The first kappa shape index (κ1) is 15.0. The Hall–Kier alpha value is -1.42. The second-order valence-corrected chi connectivity index (χ2v) is 5.45. The highest BCUT2D eigenvalue weighted by atomic mass is 35.5. The second kappa shape index (κ2) is 5.92. The molecule has 3 nitrogen and oxygen atoms in total. The number of phenols is 1. The molecular weight excluding hydrogens is 321 g/mol. The zero-order chi connectivity index (χ0) is 14.9. The molecule has 0 aromatic heterocycles. The van der Waals surface area contributed by atoms with E-state index in [9.17, 15) is 9.90 Å². The van der Waals surface area contributed by atoms with Crippen LogP contribution in [-0.2, 0) is 0 Å². The molecule has 0 bridgehead atoms. The SMILES string of the molecule is Cc1ccc(NC(=O)c2cc(Cl)cc(Cl)c2O)cc1Cl. The summed E-state index contributed by atoms with van der Waals surface area (Å²) in [4.78, 5) is 12.1. The van der Waals surface area contributed by atoms with Gasteiger partial charge in [0.15, 0.2) is 0 Å². The van der Waals surface area contributed by atoms with Gasteiger partial charge >= 0.3 is 0 Å².